The Kier molecular flexibility index (Phi) is 4.60. The van der Waals surface area contributed by atoms with Crippen LogP contribution >= 0.6 is 0 Å². The molecule has 1 rings (SSSR count). The van der Waals surface area contributed by atoms with E-state index in [9.17, 15) is 40.1 Å². The van der Waals surface area contributed by atoms with Gasteiger partial charge in [0.25, 0.3) is 15.8 Å². The number of non-ortho nitro benzene ring substituents is 1. The van der Waals surface area contributed by atoms with Gasteiger partial charge in [0.05, 0.1) is 4.92 Å². The number of halogens is 3. The van der Waals surface area contributed by atoms with Crippen LogP contribution < -0.4 is 0 Å². The van der Waals surface area contributed by atoms with Crippen molar-refractivity contribution in [3.8, 4) is 0 Å². The first-order valence-corrected chi connectivity index (χ1v) is 7.81. The van der Waals surface area contributed by atoms with Gasteiger partial charge in [0, 0.05) is 12.1 Å². The van der Waals surface area contributed by atoms with Crippen LogP contribution in [0.4, 0.5) is 18.9 Å². The minimum absolute atomic E-state index is 0.182. The first-order valence-electron chi connectivity index (χ1n) is 4.82. The molecule has 0 N–H and O–H groups in total. The summed E-state index contributed by atoms with van der Waals surface area (Å²) in [6.45, 7) is 0. The lowest BCUT2D eigenvalue weighted by molar-refractivity contribution is -0.384. The summed E-state index contributed by atoms with van der Waals surface area (Å²) in [5.74, 6) is -1.19. The maximum absolute atomic E-state index is 12.0. The summed E-state index contributed by atoms with van der Waals surface area (Å²) in [7, 11) is -11.4. The Hall–Kier alpha value is -1.73. The van der Waals surface area contributed by atoms with E-state index < -0.39 is 36.4 Å². The Labute approximate surface area is 116 Å². The predicted molar refractivity (Wildman–Crippen MR) is 61.8 cm³/mol. The van der Waals surface area contributed by atoms with Crippen LogP contribution in [0.2, 0.25) is 0 Å². The van der Waals surface area contributed by atoms with Gasteiger partial charge in [-0.1, -0.05) is 12.1 Å². The molecule has 0 saturated carbocycles. The molecule has 0 saturated heterocycles. The zero-order valence-electron chi connectivity index (χ0n) is 9.77. The Morgan fingerprint density at radius 3 is 1.95 bits per heavy atom. The highest BCUT2D eigenvalue weighted by atomic mass is 32.3. The SMILES string of the molecule is O=[N+]([O-])c1ccc(CS(=O)(=O)OS(=O)(=O)C(F)(F)F)cc1. The highest BCUT2D eigenvalue weighted by Gasteiger charge is 2.50. The van der Waals surface area contributed by atoms with Crippen molar-refractivity contribution in [2.45, 2.75) is 11.3 Å². The number of nitro groups is 1. The van der Waals surface area contributed by atoms with Crippen LogP contribution in [0.1, 0.15) is 5.56 Å². The maximum Gasteiger partial charge on any atom is 0.524 e. The summed E-state index contributed by atoms with van der Waals surface area (Å²) in [6, 6.07) is 3.70. The number of alkyl halides is 3. The Morgan fingerprint density at radius 1 is 1.10 bits per heavy atom. The van der Waals surface area contributed by atoms with E-state index in [2.05, 4.69) is 3.63 Å². The van der Waals surface area contributed by atoms with Gasteiger partial charge in [-0.15, -0.1) is 3.63 Å². The average Bonchev–Trinajstić information content (AvgIpc) is 2.25. The molecule has 0 bridgehead atoms. The van der Waals surface area contributed by atoms with Gasteiger partial charge >= 0.3 is 15.6 Å². The van der Waals surface area contributed by atoms with E-state index >= 15 is 0 Å². The number of benzene rings is 1. The minimum atomic E-state index is -6.29. The zero-order chi connectivity index (χ0) is 16.5. The number of hydrogen-bond acceptors (Lipinski definition) is 7. The second-order valence-electron chi connectivity index (χ2n) is 3.59. The summed E-state index contributed by atoms with van der Waals surface area (Å²) < 4.78 is 82.8. The monoisotopic (exact) mass is 349 g/mol. The Balaban J connectivity index is 2.94. The topological polar surface area (TPSA) is 121 Å². The van der Waals surface area contributed by atoms with E-state index in [0.717, 1.165) is 24.3 Å². The van der Waals surface area contributed by atoms with Gasteiger partial charge in [0.1, 0.15) is 5.75 Å². The molecule has 0 aliphatic carbocycles. The second-order valence-corrected chi connectivity index (χ2v) is 6.91. The first-order chi connectivity index (χ1) is 9.34. The van der Waals surface area contributed by atoms with Crippen molar-refractivity contribution in [1.29, 1.82) is 0 Å². The second kappa shape index (κ2) is 5.57. The molecule has 13 heteroatoms. The van der Waals surface area contributed by atoms with Gasteiger partial charge in [0.2, 0.25) is 0 Å². The Morgan fingerprint density at radius 2 is 1.57 bits per heavy atom. The summed E-state index contributed by atoms with van der Waals surface area (Å²) in [5.41, 5.74) is -6.44. The molecule has 118 valence electrons. The van der Waals surface area contributed by atoms with Crippen molar-refractivity contribution >= 4 is 25.9 Å². The molecular formula is C8H6F3NO7S2. The van der Waals surface area contributed by atoms with Crippen molar-refractivity contribution in [3.05, 3.63) is 39.9 Å². The number of nitrogens with zero attached hydrogens (tertiary/aromatic N) is 1. The number of hydrogen-bond donors (Lipinski definition) is 0. The van der Waals surface area contributed by atoms with Gasteiger partial charge in [-0.05, 0) is 5.56 Å². The largest absolute Gasteiger partial charge is 0.524 e. The van der Waals surface area contributed by atoms with E-state index in [1.54, 1.807) is 0 Å². The normalized spacial score (nSPS) is 13.1. The summed E-state index contributed by atoms with van der Waals surface area (Å²) in [4.78, 5) is 9.58. The molecule has 1 aromatic carbocycles. The highest BCUT2D eigenvalue weighted by molar-refractivity contribution is 7.99. The van der Waals surface area contributed by atoms with Crippen molar-refractivity contribution in [3.63, 3.8) is 0 Å². The van der Waals surface area contributed by atoms with Gasteiger partial charge < -0.3 is 0 Å². The fourth-order valence-corrected chi connectivity index (χ4v) is 3.31. The molecule has 0 heterocycles. The summed E-state index contributed by atoms with van der Waals surface area (Å²) in [6.07, 6.45) is 0. The molecule has 0 amide bonds. The van der Waals surface area contributed by atoms with E-state index in [0.29, 0.717) is 0 Å². The quantitative estimate of drug-likeness (QED) is 0.446. The van der Waals surface area contributed by atoms with Crippen LogP contribution in [0.3, 0.4) is 0 Å². The van der Waals surface area contributed by atoms with Gasteiger partial charge in [-0.2, -0.15) is 30.0 Å². The Bertz CT molecular complexity index is 737. The van der Waals surface area contributed by atoms with Crippen LogP contribution in [0.15, 0.2) is 24.3 Å². The van der Waals surface area contributed by atoms with Crippen molar-refractivity contribution in [2.24, 2.45) is 0 Å². The lowest BCUT2D eigenvalue weighted by atomic mass is 10.2. The minimum Gasteiger partial charge on any atom is -0.258 e. The predicted octanol–water partition coefficient (Wildman–Crippen LogP) is 1.29. The van der Waals surface area contributed by atoms with Gasteiger partial charge in [-0.3, -0.25) is 10.1 Å². The van der Waals surface area contributed by atoms with Crippen LogP contribution in [0.5, 0.6) is 0 Å². The molecule has 0 radical (unpaired) electrons. The lowest BCUT2D eigenvalue weighted by Gasteiger charge is -2.08. The van der Waals surface area contributed by atoms with Crippen LogP contribution in [-0.4, -0.2) is 27.3 Å². The third-order valence-corrected chi connectivity index (χ3v) is 4.77. The molecule has 0 unspecified atom stereocenters. The molecule has 0 spiro atoms. The fraction of sp³-hybridized carbons (Fsp3) is 0.250. The molecule has 0 fully saturated rings. The lowest BCUT2D eigenvalue weighted by Crippen LogP contribution is -2.28. The molecule has 21 heavy (non-hydrogen) atoms. The van der Waals surface area contributed by atoms with Crippen LogP contribution in [-0.2, 0) is 29.6 Å². The maximum atomic E-state index is 12.0. The molecule has 0 aliphatic rings. The number of nitro benzene ring substituents is 1. The molecule has 1 aromatic rings. The highest BCUT2D eigenvalue weighted by Crippen LogP contribution is 2.27. The van der Waals surface area contributed by atoms with Crippen molar-refractivity contribution < 1.29 is 38.6 Å². The van der Waals surface area contributed by atoms with Crippen molar-refractivity contribution in [1.82, 2.24) is 0 Å². The standard InChI is InChI=1S/C8H6F3NO7S2/c9-8(10,11)21(17,18)19-20(15,16)5-6-1-3-7(4-2-6)12(13)14/h1-4H,5H2. The fourth-order valence-electron chi connectivity index (χ4n) is 1.12. The smallest absolute Gasteiger partial charge is 0.258 e. The molecule has 0 aromatic heterocycles. The molecule has 8 nitrogen and oxygen atoms in total. The third-order valence-electron chi connectivity index (χ3n) is 1.97. The summed E-state index contributed by atoms with van der Waals surface area (Å²) >= 11 is 0. The molecule has 0 aliphatic heterocycles. The number of rotatable bonds is 5. The van der Waals surface area contributed by atoms with Gasteiger partial charge in [0.15, 0.2) is 0 Å². The molecular weight excluding hydrogens is 343 g/mol. The van der Waals surface area contributed by atoms with Crippen LogP contribution in [0, 0.1) is 10.1 Å². The van der Waals surface area contributed by atoms with E-state index in [1.165, 1.54) is 0 Å². The average molecular weight is 349 g/mol. The molecule has 0 atom stereocenters. The van der Waals surface area contributed by atoms with Crippen LogP contribution in [0.25, 0.3) is 0 Å². The van der Waals surface area contributed by atoms with E-state index in [4.69, 9.17) is 0 Å². The third kappa shape index (κ3) is 4.64. The van der Waals surface area contributed by atoms with Crippen molar-refractivity contribution in [2.75, 3.05) is 0 Å². The van der Waals surface area contributed by atoms with Gasteiger partial charge in [-0.25, -0.2) is 0 Å². The van der Waals surface area contributed by atoms with E-state index in [1.807, 2.05) is 0 Å². The zero-order valence-corrected chi connectivity index (χ0v) is 11.4. The van der Waals surface area contributed by atoms with E-state index in [-0.39, 0.29) is 11.3 Å². The first kappa shape index (κ1) is 17.3. The summed E-state index contributed by atoms with van der Waals surface area (Å²) in [5, 5.41) is 10.4.